The van der Waals surface area contributed by atoms with Gasteiger partial charge in [0, 0.05) is 29.1 Å². The molecule has 0 atom stereocenters. The van der Waals surface area contributed by atoms with Crippen LogP contribution in [-0.2, 0) is 0 Å². The van der Waals surface area contributed by atoms with Crippen LogP contribution >= 0.6 is 0 Å². The molecule has 270 valence electrons. The van der Waals surface area contributed by atoms with Crippen molar-refractivity contribution < 1.29 is 0 Å². The Kier molecular flexibility index (Phi) is 8.15. The van der Waals surface area contributed by atoms with Crippen LogP contribution in [0.4, 0.5) is 0 Å². The summed E-state index contributed by atoms with van der Waals surface area (Å²) in [5.74, 6) is 0.687. The third-order valence-corrected chi connectivity index (χ3v) is 11.4. The van der Waals surface area contributed by atoms with E-state index in [9.17, 15) is 0 Å². The molecule has 11 aromatic rings. The fraction of sp³-hybridized carbons (Fsp3) is 0. The molecule has 0 aliphatic heterocycles. The SMILES string of the molecule is c1ccc(-c2nc(-c3ccc(-c4cccnc4)cc3)cc(-c3ccc4c5ccccc5c5ccccc5c5ccccc5c5cc6ccccc6cc5c4c3)n2)cc1. The van der Waals surface area contributed by atoms with E-state index in [2.05, 4.69) is 181 Å². The Morgan fingerprint density at radius 3 is 1.26 bits per heavy atom. The molecule has 0 aliphatic rings. The van der Waals surface area contributed by atoms with Gasteiger partial charge in [-0.2, -0.15) is 0 Å². The number of rotatable bonds is 4. The Morgan fingerprint density at radius 1 is 0.259 bits per heavy atom. The minimum absolute atomic E-state index is 0.687. The summed E-state index contributed by atoms with van der Waals surface area (Å²) >= 11 is 0. The monoisotopic (exact) mass is 737 g/mol. The molecule has 0 unspecified atom stereocenters. The van der Waals surface area contributed by atoms with Gasteiger partial charge < -0.3 is 0 Å². The molecule has 0 amide bonds. The van der Waals surface area contributed by atoms with E-state index in [4.69, 9.17) is 9.97 Å². The maximum absolute atomic E-state index is 5.29. The summed E-state index contributed by atoms with van der Waals surface area (Å²) in [6.07, 6.45) is 3.70. The number of aromatic nitrogens is 3. The fourth-order valence-corrected chi connectivity index (χ4v) is 8.53. The van der Waals surface area contributed by atoms with Gasteiger partial charge in [-0.1, -0.05) is 170 Å². The third-order valence-electron chi connectivity index (χ3n) is 11.4. The lowest BCUT2D eigenvalue weighted by molar-refractivity contribution is 1.18. The van der Waals surface area contributed by atoms with Gasteiger partial charge in [0.1, 0.15) is 0 Å². The van der Waals surface area contributed by atoms with Crippen LogP contribution in [0.25, 0.3) is 110 Å². The molecule has 2 aromatic heterocycles. The van der Waals surface area contributed by atoms with E-state index in [1.54, 1.807) is 6.20 Å². The zero-order chi connectivity index (χ0) is 38.4. The van der Waals surface area contributed by atoms with Gasteiger partial charge in [0.2, 0.25) is 0 Å². The molecule has 9 aromatic carbocycles. The maximum Gasteiger partial charge on any atom is 0.160 e. The van der Waals surface area contributed by atoms with Crippen molar-refractivity contribution in [2.24, 2.45) is 0 Å². The summed E-state index contributed by atoms with van der Waals surface area (Å²) in [6, 6.07) is 71.9. The van der Waals surface area contributed by atoms with Gasteiger partial charge in [-0.05, 0) is 106 Å². The lowest BCUT2D eigenvalue weighted by atomic mass is 9.92. The van der Waals surface area contributed by atoms with E-state index in [0.29, 0.717) is 5.82 Å². The topological polar surface area (TPSA) is 38.7 Å². The molecule has 0 fully saturated rings. The summed E-state index contributed by atoms with van der Waals surface area (Å²) in [6.45, 7) is 0. The average molecular weight is 738 g/mol. The van der Waals surface area contributed by atoms with Gasteiger partial charge in [-0.15, -0.1) is 0 Å². The fourth-order valence-electron chi connectivity index (χ4n) is 8.53. The smallest absolute Gasteiger partial charge is 0.160 e. The molecule has 0 aliphatic carbocycles. The van der Waals surface area contributed by atoms with E-state index in [1.165, 1.54) is 59.2 Å². The first-order valence-corrected chi connectivity index (χ1v) is 19.7. The summed E-state index contributed by atoms with van der Waals surface area (Å²) in [5.41, 5.74) is 6.93. The summed E-state index contributed by atoms with van der Waals surface area (Å²) < 4.78 is 0. The van der Waals surface area contributed by atoms with Crippen molar-refractivity contribution in [2.45, 2.75) is 0 Å². The second-order valence-electron chi connectivity index (χ2n) is 14.8. The van der Waals surface area contributed by atoms with Crippen LogP contribution in [-0.4, -0.2) is 15.0 Å². The number of hydrogen-bond acceptors (Lipinski definition) is 3. The van der Waals surface area contributed by atoms with Crippen LogP contribution in [0.1, 0.15) is 0 Å². The van der Waals surface area contributed by atoms with Crippen molar-refractivity contribution >= 4 is 64.6 Å². The number of benzene rings is 8. The lowest BCUT2D eigenvalue weighted by Gasteiger charge is -2.13. The van der Waals surface area contributed by atoms with E-state index in [-0.39, 0.29) is 0 Å². The highest BCUT2D eigenvalue weighted by Gasteiger charge is 2.14. The van der Waals surface area contributed by atoms with Crippen molar-refractivity contribution in [2.75, 3.05) is 0 Å². The van der Waals surface area contributed by atoms with E-state index >= 15 is 0 Å². The first kappa shape index (κ1) is 33.6. The molecule has 2 heterocycles. The Labute approximate surface area is 335 Å². The minimum atomic E-state index is 0.687. The van der Waals surface area contributed by atoms with Gasteiger partial charge in [-0.3, -0.25) is 4.98 Å². The second kappa shape index (κ2) is 14.1. The van der Waals surface area contributed by atoms with Crippen molar-refractivity contribution in [3.05, 3.63) is 213 Å². The normalized spacial score (nSPS) is 11.4. The molecule has 0 N–H and O–H groups in total. The Bertz CT molecular complexity index is 3430. The van der Waals surface area contributed by atoms with Crippen LogP contribution in [0.2, 0.25) is 0 Å². The maximum atomic E-state index is 5.29. The Morgan fingerprint density at radius 2 is 0.690 bits per heavy atom. The zero-order valence-corrected chi connectivity index (χ0v) is 31.5. The number of nitrogens with zero attached hydrogens (tertiary/aromatic N) is 3. The van der Waals surface area contributed by atoms with Gasteiger partial charge in [0.25, 0.3) is 0 Å². The molecular weight excluding hydrogens is 703 g/mol. The molecule has 0 radical (unpaired) electrons. The highest BCUT2D eigenvalue weighted by molar-refractivity contribution is 6.27. The quantitative estimate of drug-likeness (QED) is 0.181. The average Bonchev–Trinajstić information content (AvgIpc) is 3.31. The number of hydrogen-bond donors (Lipinski definition) is 0. The van der Waals surface area contributed by atoms with Crippen molar-refractivity contribution in [3.63, 3.8) is 0 Å². The van der Waals surface area contributed by atoms with Gasteiger partial charge in [-0.25, -0.2) is 9.97 Å². The Hall–Kier alpha value is -7.75. The Balaban J connectivity index is 1.25. The standard InChI is InChI=1S/C55H35N3/c1-2-13-38(14-3-1)55-57-53(37-26-24-36(25-27-37)42-17-12-30-56-35-42)34-54(58-55)41-28-29-49-47-22-9-8-20-45(47)43-18-6-7-19-44(43)46-21-10-11-23-48(46)50-31-39-15-4-5-16-40(39)32-52(50)51(49)33-41/h1-35H. The van der Waals surface area contributed by atoms with E-state index in [1.807, 2.05) is 30.5 Å². The lowest BCUT2D eigenvalue weighted by Crippen LogP contribution is -1.96. The van der Waals surface area contributed by atoms with Crippen LogP contribution in [0.5, 0.6) is 0 Å². The van der Waals surface area contributed by atoms with Gasteiger partial charge in [0.05, 0.1) is 11.4 Å². The summed E-state index contributed by atoms with van der Waals surface area (Å²) in [5, 5.41) is 14.4. The molecule has 3 heteroatoms. The molecule has 11 rings (SSSR count). The zero-order valence-electron chi connectivity index (χ0n) is 31.5. The van der Waals surface area contributed by atoms with Crippen molar-refractivity contribution in [1.29, 1.82) is 0 Å². The summed E-state index contributed by atoms with van der Waals surface area (Å²) in [4.78, 5) is 14.8. The van der Waals surface area contributed by atoms with Crippen LogP contribution in [0, 0.1) is 0 Å². The van der Waals surface area contributed by atoms with E-state index in [0.717, 1.165) is 44.6 Å². The van der Waals surface area contributed by atoms with Gasteiger partial charge >= 0.3 is 0 Å². The minimum Gasteiger partial charge on any atom is -0.264 e. The van der Waals surface area contributed by atoms with Crippen molar-refractivity contribution in [1.82, 2.24) is 15.0 Å². The van der Waals surface area contributed by atoms with Crippen LogP contribution < -0.4 is 0 Å². The predicted molar refractivity (Wildman–Crippen MR) is 244 cm³/mol. The molecule has 58 heavy (non-hydrogen) atoms. The third kappa shape index (κ3) is 5.89. The summed E-state index contributed by atoms with van der Waals surface area (Å²) in [7, 11) is 0. The van der Waals surface area contributed by atoms with Crippen LogP contribution in [0.15, 0.2) is 213 Å². The highest BCUT2D eigenvalue weighted by atomic mass is 14.9. The predicted octanol–water partition coefficient (Wildman–Crippen LogP) is 14.6. The molecule has 0 saturated carbocycles. The molecule has 0 bridgehead atoms. The second-order valence-corrected chi connectivity index (χ2v) is 14.8. The van der Waals surface area contributed by atoms with Crippen molar-refractivity contribution in [3.8, 4) is 45.0 Å². The van der Waals surface area contributed by atoms with Crippen LogP contribution in [0.3, 0.4) is 0 Å². The largest absolute Gasteiger partial charge is 0.264 e. The molecule has 0 saturated heterocycles. The van der Waals surface area contributed by atoms with E-state index < -0.39 is 0 Å². The van der Waals surface area contributed by atoms with Gasteiger partial charge in [0.15, 0.2) is 5.82 Å². The highest BCUT2D eigenvalue weighted by Crippen LogP contribution is 2.39. The molecule has 3 nitrogen and oxygen atoms in total. The first-order valence-electron chi connectivity index (χ1n) is 19.7. The molecular formula is C55H35N3. The molecule has 0 spiro atoms. The number of pyridine rings is 1. The first-order chi connectivity index (χ1) is 28.7. The number of fused-ring (bicyclic) bond motifs is 11.